The van der Waals surface area contributed by atoms with E-state index in [9.17, 15) is 4.79 Å². The average molecular weight is 262 g/mol. The Kier molecular flexibility index (Phi) is 3.88. The molecule has 0 aliphatic rings. The van der Waals surface area contributed by atoms with Gasteiger partial charge in [0.2, 0.25) is 0 Å². The first-order valence-corrected chi connectivity index (χ1v) is 6.43. The molecule has 0 aromatic carbocycles. The van der Waals surface area contributed by atoms with E-state index in [2.05, 4.69) is 15.3 Å². The fraction of sp³-hybridized carbons (Fsp3) is 0.250. The molecule has 5 nitrogen and oxygen atoms in total. The Morgan fingerprint density at radius 1 is 1.56 bits per heavy atom. The predicted octanol–water partition coefficient (Wildman–Crippen LogP) is 1.40. The van der Waals surface area contributed by atoms with E-state index in [1.165, 1.54) is 6.20 Å². The lowest BCUT2D eigenvalue weighted by Gasteiger charge is -2.05. The van der Waals surface area contributed by atoms with Crippen LogP contribution in [0.3, 0.4) is 0 Å². The largest absolute Gasteiger partial charge is 0.397 e. The second-order valence-corrected chi connectivity index (χ2v) is 4.89. The molecule has 18 heavy (non-hydrogen) atoms. The van der Waals surface area contributed by atoms with E-state index in [-0.39, 0.29) is 5.91 Å². The average Bonchev–Trinajstić information content (AvgIpc) is 2.75. The van der Waals surface area contributed by atoms with Crippen LogP contribution in [0.1, 0.15) is 21.1 Å². The van der Waals surface area contributed by atoms with Gasteiger partial charge in [-0.05, 0) is 13.0 Å². The zero-order chi connectivity index (χ0) is 13.0. The van der Waals surface area contributed by atoms with E-state index < -0.39 is 0 Å². The summed E-state index contributed by atoms with van der Waals surface area (Å²) in [5.41, 5.74) is 7.52. The molecule has 2 aromatic rings. The number of carbonyl (C=O) groups is 1. The van der Waals surface area contributed by atoms with Gasteiger partial charge in [0.25, 0.3) is 5.91 Å². The quantitative estimate of drug-likeness (QED) is 0.872. The van der Waals surface area contributed by atoms with Crippen LogP contribution in [0.5, 0.6) is 0 Å². The molecule has 2 aromatic heterocycles. The van der Waals surface area contributed by atoms with Gasteiger partial charge in [-0.2, -0.15) is 0 Å². The Morgan fingerprint density at radius 2 is 2.39 bits per heavy atom. The second kappa shape index (κ2) is 5.59. The summed E-state index contributed by atoms with van der Waals surface area (Å²) in [6.07, 6.45) is 3.74. The molecule has 2 rings (SSSR count). The number of amides is 1. The normalized spacial score (nSPS) is 10.3. The van der Waals surface area contributed by atoms with E-state index in [1.807, 2.05) is 12.3 Å². The van der Waals surface area contributed by atoms with Crippen LogP contribution >= 0.6 is 11.3 Å². The van der Waals surface area contributed by atoms with E-state index in [1.54, 1.807) is 23.6 Å². The molecule has 1 amide bonds. The van der Waals surface area contributed by atoms with E-state index in [0.29, 0.717) is 17.8 Å². The molecule has 0 saturated heterocycles. The van der Waals surface area contributed by atoms with Crippen molar-refractivity contribution in [2.75, 3.05) is 12.3 Å². The highest BCUT2D eigenvalue weighted by Crippen LogP contribution is 2.09. The first-order chi connectivity index (χ1) is 8.66. The highest BCUT2D eigenvalue weighted by atomic mass is 32.1. The van der Waals surface area contributed by atoms with Crippen molar-refractivity contribution in [3.05, 3.63) is 40.1 Å². The Bertz CT molecular complexity index is 553. The maximum absolute atomic E-state index is 11.8. The number of hydrogen-bond donors (Lipinski definition) is 2. The number of thiazole rings is 1. The summed E-state index contributed by atoms with van der Waals surface area (Å²) in [5.74, 6) is -0.179. The second-order valence-electron chi connectivity index (χ2n) is 3.83. The molecule has 0 fully saturated rings. The molecule has 0 atom stereocenters. The van der Waals surface area contributed by atoms with Crippen molar-refractivity contribution in [3.63, 3.8) is 0 Å². The molecule has 0 radical (unpaired) electrons. The number of nitrogens with zero attached hydrogens (tertiary/aromatic N) is 2. The third kappa shape index (κ3) is 3.04. The van der Waals surface area contributed by atoms with Gasteiger partial charge >= 0.3 is 0 Å². The molecular weight excluding hydrogens is 248 g/mol. The number of aromatic nitrogens is 2. The van der Waals surface area contributed by atoms with Crippen LogP contribution in [0.2, 0.25) is 0 Å². The SMILES string of the molecule is Cc1nc(CCNC(=O)c2ccncc2N)cs1. The highest BCUT2D eigenvalue weighted by molar-refractivity contribution is 7.09. The number of nitrogens with two attached hydrogens (primary N) is 1. The standard InChI is InChI=1S/C12H14N4OS/c1-8-16-9(7-18-8)2-5-15-12(17)10-3-4-14-6-11(10)13/h3-4,6-7H,2,5,13H2,1H3,(H,15,17). The molecule has 0 spiro atoms. The number of aryl methyl sites for hydroxylation is 1. The maximum Gasteiger partial charge on any atom is 0.253 e. The number of carbonyl (C=O) groups excluding carboxylic acids is 1. The Labute approximate surface area is 109 Å². The number of nitrogen functional groups attached to an aromatic ring is 1. The Balaban J connectivity index is 1.87. The molecule has 0 unspecified atom stereocenters. The fourth-order valence-corrected chi connectivity index (χ4v) is 2.18. The van der Waals surface area contributed by atoms with Crippen molar-refractivity contribution < 1.29 is 4.79 Å². The number of pyridine rings is 1. The summed E-state index contributed by atoms with van der Waals surface area (Å²) in [6.45, 7) is 2.51. The van der Waals surface area contributed by atoms with Gasteiger partial charge in [-0.15, -0.1) is 11.3 Å². The van der Waals surface area contributed by atoms with E-state index in [4.69, 9.17) is 5.73 Å². The fourth-order valence-electron chi connectivity index (χ4n) is 1.54. The van der Waals surface area contributed by atoms with Gasteiger partial charge in [-0.1, -0.05) is 0 Å². The smallest absolute Gasteiger partial charge is 0.253 e. The van der Waals surface area contributed by atoms with Crippen LogP contribution in [-0.4, -0.2) is 22.4 Å². The summed E-state index contributed by atoms with van der Waals surface area (Å²) in [5, 5.41) is 5.85. The summed E-state index contributed by atoms with van der Waals surface area (Å²) in [4.78, 5) is 20.0. The van der Waals surface area contributed by atoms with Crippen molar-refractivity contribution in [2.45, 2.75) is 13.3 Å². The van der Waals surface area contributed by atoms with Crippen LogP contribution in [0.25, 0.3) is 0 Å². The van der Waals surface area contributed by atoms with E-state index in [0.717, 1.165) is 17.1 Å². The van der Waals surface area contributed by atoms with Crippen LogP contribution in [0, 0.1) is 6.92 Å². The monoisotopic (exact) mass is 262 g/mol. The van der Waals surface area contributed by atoms with Gasteiger partial charge in [-0.25, -0.2) is 4.98 Å². The zero-order valence-corrected chi connectivity index (χ0v) is 10.8. The van der Waals surface area contributed by atoms with Gasteiger partial charge in [0.05, 0.1) is 28.1 Å². The first kappa shape index (κ1) is 12.5. The summed E-state index contributed by atoms with van der Waals surface area (Å²) < 4.78 is 0. The van der Waals surface area contributed by atoms with Gasteiger partial charge in [-0.3, -0.25) is 9.78 Å². The first-order valence-electron chi connectivity index (χ1n) is 5.55. The lowest BCUT2D eigenvalue weighted by atomic mass is 10.2. The van der Waals surface area contributed by atoms with Crippen molar-refractivity contribution in [3.8, 4) is 0 Å². The topological polar surface area (TPSA) is 80.9 Å². The van der Waals surface area contributed by atoms with Gasteiger partial charge in [0, 0.05) is 24.5 Å². The third-order valence-electron chi connectivity index (χ3n) is 2.43. The van der Waals surface area contributed by atoms with Crippen LogP contribution < -0.4 is 11.1 Å². The lowest BCUT2D eigenvalue weighted by molar-refractivity contribution is 0.0955. The van der Waals surface area contributed by atoms with Crippen LogP contribution in [-0.2, 0) is 6.42 Å². The van der Waals surface area contributed by atoms with Crippen molar-refractivity contribution in [2.24, 2.45) is 0 Å². The number of hydrogen-bond acceptors (Lipinski definition) is 5. The molecule has 0 aliphatic carbocycles. The molecule has 2 heterocycles. The van der Waals surface area contributed by atoms with Crippen molar-refractivity contribution in [1.82, 2.24) is 15.3 Å². The Hall–Kier alpha value is -1.95. The van der Waals surface area contributed by atoms with Crippen molar-refractivity contribution in [1.29, 1.82) is 0 Å². The number of nitrogens with one attached hydrogen (secondary N) is 1. The summed E-state index contributed by atoms with van der Waals surface area (Å²) in [7, 11) is 0. The van der Waals surface area contributed by atoms with Gasteiger partial charge < -0.3 is 11.1 Å². The van der Waals surface area contributed by atoms with Crippen LogP contribution in [0.4, 0.5) is 5.69 Å². The summed E-state index contributed by atoms with van der Waals surface area (Å²) >= 11 is 1.61. The molecule has 3 N–H and O–H groups in total. The molecule has 6 heteroatoms. The number of rotatable bonds is 4. The van der Waals surface area contributed by atoms with Crippen molar-refractivity contribution >= 4 is 22.9 Å². The van der Waals surface area contributed by atoms with Gasteiger partial charge in [0.15, 0.2) is 0 Å². The zero-order valence-electron chi connectivity index (χ0n) is 10.0. The predicted molar refractivity (Wildman–Crippen MR) is 71.5 cm³/mol. The maximum atomic E-state index is 11.8. The third-order valence-corrected chi connectivity index (χ3v) is 3.25. The minimum absolute atomic E-state index is 0.179. The van der Waals surface area contributed by atoms with Crippen LogP contribution in [0.15, 0.2) is 23.8 Å². The molecule has 94 valence electrons. The Morgan fingerprint density at radius 3 is 3.06 bits per heavy atom. The highest BCUT2D eigenvalue weighted by Gasteiger charge is 2.08. The minimum atomic E-state index is -0.179. The molecule has 0 aliphatic heterocycles. The minimum Gasteiger partial charge on any atom is -0.397 e. The number of anilines is 1. The lowest BCUT2D eigenvalue weighted by Crippen LogP contribution is -2.26. The molecule has 0 saturated carbocycles. The molecular formula is C12H14N4OS. The van der Waals surface area contributed by atoms with Gasteiger partial charge in [0.1, 0.15) is 0 Å². The van der Waals surface area contributed by atoms with E-state index >= 15 is 0 Å². The summed E-state index contributed by atoms with van der Waals surface area (Å²) in [6, 6.07) is 1.61. The molecule has 0 bridgehead atoms.